The zero-order valence-corrected chi connectivity index (χ0v) is 18.8. The lowest BCUT2D eigenvalue weighted by molar-refractivity contribution is 0.0453. The fourth-order valence-electron chi connectivity index (χ4n) is 3.53. The van der Waals surface area contributed by atoms with Gasteiger partial charge in [-0.15, -0.1) is 5.10 Å². The summed E-state index contributed by atoms with van der Waals surface area (Å²) in [6, 6.07) is 17.7. The predicted octanol–water partition coefficient (Wildman–Crippen LogP) is 3.61. The van der Waals surface area contributed by atoms with E-state index in [1.165, 1.54) is 0 Å². The summed E-state index contributed by atoms with van der Waals surface area (Å²) in [7, 11) is 0. The summed E-state index contributed by atoms with van der Waals surface area (Å²) in [5.74, 6) is -0.264. The lowest BCUT2D eigenvalue weighted by Gasteiger charge is -2.08. The Morgan fingerprint density at radius 2 is 1.88 bits per heavy atom. The Morgan fingerprint density at radius 3 is 2.76 bits per heavy atom. The number of hydrogen-bond donors (Lipinski definition) is 1. The maximum Gasteiger partial charge on any atom is 0.274 e. The molecule has 0 spiro atoms. The minimum absolute atomic E-state index is 0.264. The highest BCUT2D eigenvalue weighted by atomic mass is 16.5. The molecule has 0 fully saturated rings. The summed E-state index contributed by atoms with van der Waals surface area (Å²) in [5.41, 5.74) is 4.74. The van der Waals surface area contributed by atoms with Gasteiger partial charge in [-0.2, -0.15) is 0 Å². The molecule has 4 aromatic rings. The van der Waals surface area contributed by atoms with E-state index in [4.69, 9.17) is 9.47 Å². The van der Waals surface area contributed by atoms with Gasteiger partial charge in [-0.1, -0.05) is 35.5 Å². The van der Waals surface area contributed by atoms with Crippen LogP contribution in [0, 0.1) is 6.92 Å². The molecule has 0 aliphatic rings. The van der Waals surface area contributed by atoms with E-state index in [1.807, 2.05) is 68.4 Å². The highest BCUT2D eigenvalue weighted by Gasteiger charge is 2.17. The largest absolute Gasteiger partial charge is 0.379 e. The minimum atomic E-state index is -0.264. The predicted molar refractivity (Wildman–Crippen MR) is 125 cm³/mol. The van der Waals surface area contributed by atoms with Gasteiger partial charge in [0.1, 0.15) is 0 Å². The van der Waals surface area contributed by atoms with Crippen molar-refractivity contribution in [2.75, 3.05) is 19.8 Å². The average Bonchev–Trinajstić information content (AvgIpc) is 3.23. The quantitative estimate of drug-likeness (QED) is 0.375. The molecule has 0 aliphatic carbocycles. The number of nitrogens with one attached hydrogen (secondary N) is 1. The lowest BCUT2D eigenvalue weighted by atomic mass is 10.1. The molecule has 1 N–H and O–H groups in total. The number of ether oxygens (including phenoxy) is 2. The smallest absolute Gasteiger partial charge is 0.274 e. The van der Waals surface area contributed by atoms with Gasteiger partial charge in [0.2, 0.25) is 0 Å². The first-order valence-electron chi connectivity index (χ1n) is 10.9. The van der Waals surface area contributed by atoms with Gasteiger partial charge in [0.25, 0.3) is 5.91 Å². The molecule has 0 atom stereocenters. The lowest BCUT2D eigenvalue weighted by Crippen LogP contribution is -2.24. The number of carbonyl (C=O) groups excluding carboxylic acids is 1. The standard InChI is InChI=1S/C25H27N5O3/c1-3-32-12-13-33-17-20-7-4-6-19(14-20)16-27-25(31)24-18(2)30(29-28-24)22-9-10-23-21(15-22)8-5-11-26-23/h4-11,14-15H,3,12-13,16-17H2,1-2H3,(H,27,31). The maximum atomic E-state index is 12.8. The topological polar surface area (TPSA) is 91.2 Å². The third-order valence-electron chi connectivity index (χ3n) is 5.23. The molecule has 0 saturated heterocycles. The number of amides is 1. The monoisotopic (exact) mass is 445 g/mol. The summed E-state index contributed by atoms with van der Waals surface area (Å²) >= 11 is 0. The van der Waals surface area contributed by atoms with Crippen LogP contribution in [0.4, 0.5) is 0 Å². The molecule has 8 heteroatoms. The van der Waals surface area contributed by atoms with Crippen molar-refractivity contribution in [3.8, 4) is 5.69 Å². The molecule has 4 rings (SSSR count). The SMILES string of the molecule is CCOCCOCc1cccc(CNC(=O)c2nnn(-c3ccc4ncccc4c3)c2C)c1. The number of aromatic nitrogens is 4. The van der Waals surface area contributed by atoms with E-state index < -0.39 is 0 Å². The number of rotatable bonds is 10. The second-order valence-electron chi connectivity index (χ2n) is 7.57. The van der Waals surface area contributed by atoms with E-state index in [0.717, 1.165) is 27.7 Å². The van der Waals surface area contributed by atoms with Crippen LogP contribution in [0.15, 0.2) is 60.8 Å². The number of nitrogens with zero attached hydrogens (tertiary/aromatic N) is 4. The number of fused-ring (bicyclic) bond motifs is 1. The van der Waals surface area contributed by atoms with Crippen molar-refractivity contribution in [1.29, 1.82) is 0 Å². The number of benzene rings is 2. The van der Waals surface area contributed by atoms with E-state index in [1.54, 1.807) is 10.9 Å². The molecule has 8 nitrogen and oxygen atoms in total. The Labute approximate surface area is 192 Å². The summed E-state index contributed by atoms with van der Waals surface area (Å²) in [6.07, 6.45) is 1.76. The van der Waals surface area contributed by atoms with Crippen LogP contribution in [0.25, 0.3) is 16.6 Å². The van der Waals surface area contributed by atoms with E-state index in [2.05, 4.69) is 20.6 Å². The molecule has 1 amide bonds. The van der Waals surface area contributed by atoms with Crippen molar-refractivity contribution in [2.45, 2.75) is 27.0 Å². The second kappa shape index (κ2) is 10.8. The zero-order valence-electron chi connectivity index (χ0n) is 18.8. The highest BCUT2D eigenvalue weighted by molar-refractivity contribution is 5.93. The van der Waals surface area contributed by atoms with Crippen molar-refractivity contribution < 1.29 is 14.3 Å². The summed E-state index contributed by atoms with van der Waals surface area (Å²) in [5, 5.41) is 12.3. The number of hydrogen-bond acceptors (Lipinski definition) is 6. The van der Waals surface area contributed by atoms with Crippen LogP contribution < -0.4 is 5.32 Å². The normalized spacial score (nSPS) is 11.1. The van der Waals surface area contributed by atoms with E-state index in [-0.39, 0.29) is 5.91 Å². The van der Waals surface area contributed by atoms with Crippen molar-refractivity contribution in [2.24, 2.45) is 0 Å². The van der Waals surface area contributed by atoms with Crippen LogP contribution >= 0.6 is 0 Å². The molecule has 170 valence electrons. The molecule has 2 aromatic carbocycles. The van der Waals surface area contributed by atoms with E-state index in [9.17, 15) is 4.79 Å². The van der Waals surface area contributed by atoms with Crippen molar-refractivity contribution in [3.05, 3.63) is 83.3 Å². The van der Waals surface area contributed by atoms with Crippen molar-refractivity contribution in [3.63, 3.8) is 0 Å². The van der Waals surface area contributed by atoms with Gasteiger partial charge in [0.05, 0.1) is 36.7 Å². The zero-order chi connectivity index (χ0) is 23.0. The Bertz CT molecular complexity index is 1240. The first kappa shape index (κ1) is 22.6. The van der Waals surface area contributed by atoms with Gasteiger partial charge < -0.3 is 14.8 Å². The number of pyridine rings is 1. The van der Waals surface area contributed by atoms with Gasteiger partial charge >= 0.3 is 0 Å². The third kappa shape index (κ3) is 5.60. The molecule has 2 aromatic heterocycles. The third-order valence-corrected chi connectivity index (χ3v) is 5.23. The molecule has 0 aliphatic heterocycles. The van der Waals surface area contributed by atoms with Crippen LogP contribution in [0.5, 0.6) is 0 Å². The number of carbonyl (C=O) groups is 1. The molecule has 33 heavy (non-hydrogen) atoms. The fraction of sp³-hybridized carbons (Fsp3) is 0.280. The first-order chi connectivity index (χ1) is 16.2. The van der Waals surface area contributed by atoms with Crippen LogP contribution in [0.2, 0.25) is 0 Å². The molecule has 0 radical (unpaired) electrons. The van der Waals surface area contributed by atoms with Crippen molar-refractivity contribution in [1.82, 2.24) is 25.3 Å². The van der Waals surface area contributed by atoms with E-state index in [0.29, 0.717) is 44.4 Å². The van der Waals surface area contributed by atoms with Crippen LogP contribution in [0.1, 0.15) is 34.2 Å². The Balaban J connectivity index is 1.38. The molecule has 2 heterocycles. The van der Waals surface area contributed by atoms with Gasteiger partial charge in [-0.25, -0.2) is 4.68 Å². The van der Waals surface area contributed by atoms with Gasteiger partial charge in [-0.05, 0) is 49.2 Å². The average molecular weight is 446 g/mol. The Kier molecular flexibility index (Phi) is 7.39. The van der Waals surface area contributed by atoms with Gasteiger partial charge in [-0.3, -0.25) is 9.78 Å². The Hall–Kier alpha value is -3.62. The molecule has 0 bridgehead atoms. The summed E-state index contributed by atoms with van der Waals surface area (Å²) in [6.45, 7) is 6.51. The maximum absolute atomic E-state index is 12.8. The van der Waals surface area contributed by atoms with Crippen molar-refractivity contribution >= 4 is 16.8 Å². The second-order valence-corrected chi connectivity index (χ2v) is 7.57. The highest BCUT2D eigenvalue weighted by Crippen LogP contribution is 2.18. The van der Waals surface area contributed by atoms with Crippen LogP contribution in [0.3, 0.4) is 0 Å². The summed E-state index contributed by atoms with van der Waals surface area (Å²) in [4.78, 5) is 17.1. The van der Waals surface area contributed by atoms with Crippen LogP contribution in [-0.2, 0) is 22.6 Å². The van der Waals surface area contributed by atoms with Gasteiger partial charge in [0, 0.05) is 24.7 Å². The van der Waals surface area contributed by atoms with Gasteiger partial charge in [0.15, 0.2) is 5.69 Å². The Morgan fingerprint density at radius 1 is 1.03 bits per heavy atom. The van der Waals surface area contributed by atoms with E-state index >= 15 is 0 Å². The minimum Gasteiger partial charge on any atom is -0.379 e. The summed E-state index contributed by atoms with van der Waals surface area (Å²) < 4.78 is 12.6. The molecular formula is C25H27N5O3. The molecule has 0 unspecified atom stereocenters. The fourth-order valence-corrected chi connectivity index (χ4v) is 3.53. The molecular weight excluding hydrogens is 418 g/mol. The van der Waals surface area contributed by atoms with Crippen LogP contribution in [-0.4, -0.2) is 45.7 Å². The molecule has 0 saturated carbocycles. The first-order valence-corrected chi connectivity index (χ1v) is 10.9.